The number of rotatable bonds is 4. The maximum Gasteiger partial charge on any atom is 0.335 e. The van der Waals surface area contributed by atoms with Crippen LogP contribution in [-0.4, -0.2) is 11.1 Å². The van der Waals surface area contributed by atoms with Crippen LogP contribution in [0.15, 0.2) is 47.4 Å². The van der Waals surface area contributed by atoms with Gasteiger partial charge in [0.2, 0.25) is 0 Å². The van der Waals surface area contributed by atoms with E-state index in [9.17, 15) is 4.79 Å². The van der Waals surface area contributed by atoms with Crippen LogP contribution in [0.4, 0.5) is 5.69 Å². The van der Waals surface area contributed by atoms with Gasteiger partial charge < -0.3 is 10.8 Å². The Morgan fingerprint density at radius 3 is 2.53 bits per heavy atom. The van der Waals surface area contributed by atoms with E-state index in [2.05, 4.69) is 6.92 Å². The Morgan fingerprint density at radius 1 is 1.21 bits per heavy atom. The van der Waals surface area contributed by atoms with Crippen molar-refractivity contribution >= 4 is 23.4 Å². The Balaban J connectivity index is 2.06. The second kappa shape index (κ2) is 5.80. The molecule has 98 valence electrons. The quantitative estimate of drug-likeness (QED) is 0.660. The number of aryl methyl sites for hydroxylation is 1. The Bertz CT molecular complexity index is 594. The van der Waals surface area contributed by atoms with Crippen molar-refractivity contribution in [3.05, 3.63) is 59.2 Å². The van der Waals surface area contributed by atoms with Gasteiger partial charge in [0.05, 0.1) is 5.56 Å². The van der Waals surface area contributed by atoms with Gasteiger partial charge in [-0.3, -0.25) is 0 Å². The maximum absolute atomic E-state index is 10.8. The minimum absolute atomic E-state index is 0.314. The highest BCUT2D eigenvalue weighted by Gasteiger charge is 2.04. The molecular formula is C15H15NO2S. The van der Waals surface area contributed by atoms with Crippen molar-refractivity contribution in [2.75, 3.05) is 5.73 Å². The summed E-state index contributed by atoms with van der Waals surface area (Å²) in [5.74, 6) is -0.102. The van der Waals surface area contributed by atoms with Crippen LogP contribution in [0, 0.1) is 6.92 Å². The van der Waals surface area contributed by atoms with E-state index in [4.69, 9.17) is 10.8 Å². The topological polar surface area (TPSA) is 63.3 Å². The van der Waals surface area contributed by atoms with Crippen LogP contribution in [0.25, 0.3) is 0 Å². The molecule has 0 amide bonds. The van der Waals surface area contributed by atoms with Crippen LogP contribution in [0.1, 0.15) is 21.5 Å². The number of aromatic carboxylic acids is 1. The molecule has 0 saturated heterocycles. The molecule has 0 radical (unpaired) electrons. The summed E-state index contributed by atoms with van der Waals surface area (Å²) >= 11 is 1.70. The highest BCUT2D eigenvalue weighted by atomic mass is 32.2. The molecule has 19 heavy (non-hydrogen) atoms. The number of nitrogens with two attached hydrogens (primary N) is 1. The normalized spacial score (nSPS) is 10.4. The minimum Gasteiger partial charge on any atom is -0.478 e. The third-order valence-electron chi connectivity index (χ3n) is 2.81. The number of nitrogen functional groups attached to an aromatic ring is 1. The van der Waals surface area contributed by atoms with Crippen LogP contribution >= 0.6 is 11.8 Å². The van der Waals surface area contributed by atoms with Gasteiger partial charge in [-0.05, 0) is 42.3 Å². The van der Waals surface area contributed by atoms with Gasteiger partial charge >= 0.3 is 5.97 Å². The fraction of sp³-hybridized carbons (Fsp3) is 0.133. The van der Waals surface area contributed by atoms with E-state index in [0.717, 1.165) is 21.9 Å². The SMILES string of the molecule is Cc1ccc(N)cc1SCc1ccc(C(=O)O)cc1. The number of hydrogen-bond acceptors (Lipinski definition) is 3. The lowest BCUT2D eigenvalue weighted by Gasteiger charge is -2.07. The number of benzene rings is 2. The monoisotopic (exact) mass is 273 g/mol. The van der Waals surface area contributed by atoms with Gasteiger partial charge in [0.1, 0.15) is 0 Å². The number of carboxylic acids is 1. The van der Waals surface area contributed by atoms with Crippen LogP contribution in [0.5, 0.6) is 0 Å². The lowest BCUT2D eigenvalue weighted by Crippen LogP contribution is -1.95. The largest absolute Gasteiger partial charge is 0.478 e. The van der Waals surface area contributed by atoms with Gasteiger partial charge in [0.15, 0.2) is 0 Å². The summed E-state index contributed by atoms with van der Waals surface area (Å²) in [6.45, 7) is 2.05. The number of carboxylic acid groups (broad SMARTS) is 1. The van der Waals surface area contributed by atoms with E-state index in [1.54, 1.807) is 23.9 Å². The predicted octanol–water partition coefficient (Wildman–Crippen LogP) is 3.57. The van der Waals surface area contributed by atoms with E-state index in [-0.39, 0.29) is 0 Å². The lowest BCUT2D eigenvalue weighted by atomic mass is 10.1. The van der Waals surface area contributed by atoms with E-state index < -0.39 is 5.97 Å². The van der Waals surface area contributed by atoms with E-state index in [1.165, 1.54) is 5.56 Å². The second-order valence-electron chi connectivity index (χ2n) is 4.32. The molecule has 0 fully saturated rings. The zero-order chi connectivity index (χ0) is 13.8. The van der Waals surface area contributed by atoms with E-state index >= 15 is 0 Å². The van der Waals surface area contributed by atoms with Crippen LogP contribution in [0.2, 0.25) is 0 Å². The fourth-order valence-electron chi connectivity index (χ4n) is 1.68. The number of hydrogen-bond donors (Lipinski definition) is 2. The first-order valence-corrected chi connectivity index (χ1v) is 6.86. The smallest absolute Gasteiger partial charge is 0.335 e. The second-order valence-corrected chi connectivity index (χ2v) is 5.33. The molecule has 0 unspecified atom stereocenters. The molecule has 4 heteroatoms. The van der Waals surface area contributed by atoms with Gasteiger partial charge in [0, 0.05) is 16.3 Å². The van der Waals surface area contributed by atoms with Crippen molar-refractivity contribution in [1.29, 1.82) is 0 Å². The van der Waals surface area contributed by atoms with Gasteiger partial charge in [0.25, 0.3) is 0 Å². The average molecular weight is 273 g/mol. The maximum atomic E-state index is 10.8. The summed E-state index contributed by atoms with van der Waals surface area (Å²) < 4.78 is 0. The number of anilines is 1. The van der Waals surface area contributed by atoms with Crippen molar-refractivity contribution in [2.45, 2.75) is 17.6 Å². The number of carbonyl (C=O) groups is 1. The summed E-state index contributed by atoms with van der Waals surface area (Å²) in [6, 6.07) is 12.8. The zero-order valence-electron chi connectivity index (χ0n) is 10.6. The molecule has 2 aromatic rings. The molecule has 0 bridgehead atoms. The van der Waals surface area contributed by atoms with Crippen LogP contribution < -0.4 is 5.73 Å². The molecule has 0 aromatic heterocycles. The lowest BCUT2D eigenvalue weighted by molar-refractivity contribution is 0.0697. The fourth-order valence-corrected chi connectivity index (χ4v) is 2.71. The Labute approximate surface area is 116 Å². The molecule has 3 N–H and O–H groups in total. The van der Waals surface area contributed by atoms with Crippen molar-refractivity contribution in [1.82, 2.24) is 0 Å². The molecule has 0 atom stereocenters. The first kappa shape index (κ1) is 13.5. The van der Waals surface area contributed by atoms with Gasteiger partial charge in [-0.25, -0.2) is 4.79 Å². The van der Waals surface area contributed by atoms with Crippen molar-refractivity contribution in [3.8, 4) is 0 Å². The third-order valence-corrected chi connectivity index (χ3v) is 4.04. The molecule has 0 aliphatic carbocycles. The summed E-state index contributed by atoms with van der Waals surface area (Å²) in [5, 5.41) is 8.83. The summed E-state index contributed by atoms with van der Waals surface area (Å²) in [7, 11) is 0. The van der Waals surface area contributed by atoms with Crippen molar-refractivity contribution in [2.24, 2.45) is 0 Å². The molecule has 0 spiro atoms. The molecule has 0 heterocycles. The highest BCUT2D eigenvalue weighted by Crippen LogP contribution is 2.27. The van der Waals surface area contributed by atoms with Crippen LogP contribution in [-0.2, 0) is 5.75 Å². The molecule has 2 aromatic carbocycles. The van der Waals surface area contributed by atoms with E-state index in [0.29, 0.717) is 5.56 Å². The van der Waals surface area contributed by atoms with Gasteiger partial charge in [-0.15, -0.1) is 11.8 Å². The first-order valence-electron chi connectivity index (χ1n) is 5.87. The average Bonchev–Trinajstić information content (AvgIpc) is 2.40. The van der Waals surface area contributed by atoms with Crippen molar-refractivity contribution < 1.29 is 9.90 Å². The highest BCUT2D eigenvalue weighted by molar-refractivity contribution is 7.98. The van der Waals surface area contributed by atoms with E-state index in [1.807, 2.05) is 30.3 Å². The third kappa shape index (κ3) is 3.51. The standard InChI is InChI=1S/C15H15NO2S/c1-10-2-7-13(16)8-14(10)19-9-11-3-5-12(6-4-11)15(17)18/h2-8H,9,16H2,1H3,(H,17,18). The minimum atomic E-state index is -0.897. The zero-order valence-corrected chi connectivity index (χ0v) is 11.4. The number of thioether (sulfide) groups is 1. The summed E-state index contributed by atoms with van der Waals surface area (Å²) in [5.41, 5.74) is 9.13. The first-order chi connectivity index (χ1) is 9.06. The van der Waals surface area contributed by atoms with Crippen LogP contribution in [0.3, 0.4) is 0 Å². The molecular weight excluding hydrogens is 258 g/mol. The molecule has 0 saturated carbocycles. The summed E-state index contributed by atoms with van der Waals surface area (Å²) in [6.07, 6.45) is 0. The van der Waals surface area contributed by atoms with Gasteiger partial charge in [-0.2, -0.15) is 0 Å². The Morgan fingerprint density at radius 2 is 1.89 bits per heavy atom. The predicted molar refractivity (Wildman–Crippen MR) is 78.6 cm³/mol. The molecule has 2 rings (SSSR count). The Hall–Kier alpha value is -1.94. The molecule has 3 nitrogen and oxygen atoms in total. The van der Waals surface area contributed by atoms with Gasteiger partial charge in [-0.1, -0.05) is 18.2 Å². The molecule has 0 aliphatic heterocycles. The van der Waals surface area contributed by atoms with Crippen molar-refractivity contribution in [3.63, 3.8) is 0 Å². The molecule has 0 aliphatic rings. The summed E-state index contributed by atoms with van der Waals surface area (Å²) in [4.78, 5) is 11.9. The Kier molecular flexibility index (Phi) is 4.12.